The molecule has 1 fully saturated rings. The molecule has 0 aliphatic heterocycles. The lowest BCUT2D eigenvalue weighted by molar-refractivity contribution is 0.0236. The monoisotopic (exact) mass is 230 g/mol. The molecule has 0 amide bonds. The molecule has 1 unspecified atom stereocenters. The van der Waals surface area contributed by atoms with Crippen LogP contribution in [0.25, 0.3) is 0 Å². The highest BCUT2D eigenvalue weighted by molar-refractivity contribution is 5.16. The first-order valence-electron chi connectivity index (χ1n) is 6.18. The molecule has 0 radical (unpaired) electrons. The number of hydrogen-bond donors (Lipinski definition) is 1. The standard InChI is InChI=1S/C14H18N2O/c1-11-5-7-14(10-15,8-6-11)13(17)12-4-2-3-9-16-12/h2-4,9,11,13,17H,5-8H2,1H3. The van der Waals surface area contributed by atoms with Gasteiger partial charge in [0.25, 0.3) is 0 Å². The molecule has 1 heterocycles. The molecule has 0 spiro atoms. The van der Waals surface area contributed by atoms with Crippen molar-refractivity contribution in [1.29, 1.82) is 5.26 Å². The third kappa shape index (κ3) is 2.32. The Morgan fingerprint density at radius 1 is 1.47 bits per heavy atom. The van der Waals surface area contributed by atoms with Crippen LogP contribution in [0.3, 0.4) is 0 Å². The maximum absolute atomic E-state index is 10.4. The van der Waals surface area contributed by atoms with Crippen LogP contribution in [0, 0.1) is 22.7 Å². The third-order valence-electron chi connectivity index (χ3n) is 3.88. The van der Waals surface area contributed by atoms with Crippen molar-refractivity contribution in [3.8, 4) is 6.07 Å². The molecule has 0 saturated heterocycles. The molecule has 1 aliphatic carbocycles. The van der Waals surface area contributed by atoms with Gasteiger partial charge in [0.15, 0.2) is 0 Å². The van der Waals surface area contributed by atoms with E-state index in [1.807, 2.05) is 12.1 Å². The molecule has 1 aliphatic rings. The molecule has 2 rings (SSSR count). The molecule has 17 heavy (non-hydrogen) atoms. The average Bonchev–Trinajstić information content (AvgIpc) is 2.40. The molecule has 1 aromatic heterocycles. The molecule has 3 nitrogen and oxygen atoms in total. The molecule has 1 saturated carbocycles. The highest BCUT2D eigenvalue weighted by Crippen LogP contribution is 2.46. The number of nitrogens with zero attached hydrogens (tertiary/aromatic N) is 2. The van der Waals surface area contributed by atoms with E-state index in [9.17, 15) is 10.4 Å². The van der Waals surface area contributed by atoms with Gasteiger partial charge in [-0.15, -0.1) is 0 Å². The van der Waals surface area contributed by atoms with E-state index in [-0.39, 0.29) is 0 Å². The molecule has 1 atom stereocenters. The first-order chi connectivity index (χ1) is 8.18. The fraction of sp³-hybridized carbons (Fsp3) is 0.571. The first kappa shape index (κ1) is 12.1. The normalized spacial score (nSPS) is 30.5. The van der Waals surface area contributed by atoms with Gasteiger partial charge in [-0.2, -0.15) is 5.26 Å². The van der Waals surface area contributed by atoms with Gasteiger partial charge in [0.1, 0.15) is 6.10 Å². The van der Waals surface area contributed by atoms with Gasteiger partial charge in [0, 0.05) is 6.20 Å². The van der Waals surface area contributed by atoms with E-state index in [1.165, 1.54) is 0 Å². The zero-order valence-electron chi connectivity index (χ0n) is 10.1. The number of pyridine rings is 1. The topological polar surface area (TPSA) is 56.9 Å². The van der Waals surface area contributed by atoms with Gasteiger partial charge in [-0.1, -0.05) is 13.0 Å². The second-order valence-corrected chi connectivity index (χ2v) is 5.11. The Labute approximate surface area is 102 Å². The Hall–Kier alpha value is -1.40. The lowest BCUT2D eigenvalue weighted by Crippen LogP contribution is -2.32. The van der Waals surface area contributed by atoms with Crippen LogP contribution < -0.4 is 0 Å². The summed E-state index contributed by atoms with van der Waals surface area (Å²) in [5, 5.41) is 19.8. The zero-order chi connectivity index (χ0) is 12.3. The summed E-state index contributed by atoms with van der Waals surface area (Å²) >= 11 is 0. The number of rotatable bonds is 2. The SMILES string of the molecule is CC1CCC(C#N)(C(O)c2ccccn2)CC1. The van der Waals surface area contributed by atoms with E-state index in [1.54, 1.807) is 12.3 Å². The predicted octanol–water partition coefficient (Wildman–Crippen LogP) is 2.84. The fourth-order valence-electron chi connectivity index (χ4n) is 2.54. The summed E-state index contributed by atoms with van der Waals surface area (Å²) in [5.74, 6) is 0.660. The van der Waals surface area contributed by atoms with Crippen LogP contribution in [-0.4, -0.2) is 10.1 Å². The fourth-order valence-corrected chi connectivity index (χ4v) is 2.54. The van der Waals surface area contributed by atoms with Crippen molar-refractivity contribution in [2.75, 3.05) is 0 Å². The van der Waals surface area contributed by atoms with Gasteiger partial charge in [0.2, 0.25) is 0 Å². The van der Waals surface area contributed by atoms with E-state index < -0.39 is 11.5 Å². The van der Waals surface area contributed by atoms with Gasteiger partial charge in [-0.05, 0) is 43.7 Å². The summed E-state index contributed by atoms with van der Waals surface area (Å²) in [6.07, 6.45) is 4.45. The number of hydrogen-bond acceptors (Lipinski definition) is 3. The molecule has 0 aromatic carbocycles. The van der Waals surface area contributed by atoms with E-state index in [4.69, 9.17) is 0 Å². The highest BCUT2D eigenvalue weighted by atomic mass is 16.3. The second-order valence-electron chi connectivity index (χ2n) is 5.11. The van der Waals surface area contributed by atoms with Gasteiger partial charge in [-0.3, -0.25) is 4.98 Å². The largest absolute Gasteiger partial charge is 0.385 e. The van der Waals surface area contributed by atoms with Crippen molar-refractivity contribution in [1.82, 2.24) is 4.98 Å². The number of aliphatic hydroxyl groups is 1. The van der Waals surface area contributed by atoms with Crippen LogP contribution >= 0.6 is 0 Å². The van der Waals surface area contributed by atoms with E-state index in [2.05, 4.69) is 18.0 Å². The zero-order valence-corrected chi connectivity index (χ0v) is 10.1. The van der Waals surface area contributed by atoms with Crippen molar-refractivity contribution in [2.45, 2.75) is 38.7 Å². The van der Waals surface area contributed by atoms with Crippen molar-refractivity contribution in [3.05, 3.63) is 30.1 Å². The summed E-state index contributed by atoms with van der Waals surface area (Å²) in [6.45, 7) is 2.20. The minimum atomic E-state index is -0.763. The Morgan fingerprint density at radius 2 is 2.18 bits per heavy atom. The summed E-state index contributed by atoms with van der Waals surface area (Å²) < 4.78 is 0. The Morgan fingerprint density at radius 3 is 2.71 bits per heavy atom. The quantitative estimate of drug-likeness (QED) is 0.850. The summed E-state index contributed by atoms with van der Waals surface area (Å²) in [4.78, 5) is 4.16. The van der Waals surface area contributed by atoms with Crippen molar-refractivity contribution in [2.24, 2.45) is 11.3 Å². The molecule has 1 N–H and O–H groups in total. The van der Waals surface area contributed by atoms with Crippen LogP contribution in [0.1, 0.15) is 44.4 Å². The van der Waals surface area contributed by atoms with Gasteiger partial charge in [0.05, 0.1) is 17.2 Å². The third-order valence-corrected chi connectivity index (χ3v) is 3.88. The van der Waals surface area contributed by atoms with Crippen molar-refractivity contribution in [3.63, 3.8) is 0 Å². The maximum Gasteiger partial charge on any atom is 0.114 e. The van der Waals surface area contributed by atoms with Gasteiger partial charge >= 0.3 is 0 Å². The summed E-state index contributed by atoms with van der Waals surface area (Å²) in [6, 6.07) is 7.81. The van der Waals surface area contributed by atoms with Crippen LogP contribution in [0.2, 0.25) is 0 Å². The second kappa shape index (κ2) is 4.85. The minimum Gasteiger partial charge on any atom is -0.385 e. The highest BCUT2D eigenvalue weighted by Gasteiger charge is 2.42. The van der Waals surface area contributed by atoms with Gasteiger partial charge < -0.3 is 5.11 Å². The van der Waals surface area contributed by atoms with Crippen LogP contribution in [0.15, 0.2) is 24.4 Å². The van der Waals surface area contributed by atoms with Crippen LogP contribution in [0.5, 0.6) is 0 Å². The van der Waals surface area contributed by atoms with E-state index in [0.717, 1.165) is 25.7 Å². The van der Waals surface area contributed by atoms with Crippen molar-refractivity contribution >= 4 is 0 Å². The van der Waals surface area contributed by atoms with Crippen LogP contribution in [-0.2, 0) is 0 Å². The number of aromatic nitrogens is 1. The maximum atomic E-state index is 10.4. The molecular formula is C14H18N2O. The van der Waals surface area contributed by atoms with E-state index >= 15 is 0 Å². The van der Waals surface area contributed by atoms with Gasteiger partial charge in [-0.25, -0.2) is 0 Å². The molecular weight excluding hydrogens is 212 g/mol. The molecule has 3 heteroatoms. The Kier molecular flexibility index (Phi) is 3.44. The van der Waals surface area contributed by atoms with Crippen molar-refractivity contribution < 1.29 is 5.11 Å². The number of aliphatic hydroxyl groups excluding tert-OH is 1. The minimum absolute atomic E-state index is 0.614. The first-order valence-corrected chi connectivity index (χ1v) is 6.18. The van der Waals surface area contributed by atoms with Crippen LogP contribution in [0.4, 0.5) is 0 Å². The summed E-state index contributed by atoms with van der Waals surface area (Å²) in [7, 11) is 0. The smallest absolute Gasteiger partial charge is 0.114 e. The lowest BCUT2D eigenvalue weighted by Gasteiger charge is -2.36. The van der Waals surface area contributed by atoms with E-state index in [0.29, 0.717) is 11.6 Å². The molecule has 0 bridgehead atoms. The number of nitriles is 1. The lowest BCUT2D eigenvalue weighted by atomic mass is 9.68. The Balaban J connectivity index is 2.22. The summed E-state index contributed by atoms with van der Waals surface area (Å²) in [5.41, 5.74) is -0.0236. The predicted molar refractivity (Wildman–Crippen MR) is 64.9 cm³/mol. The average molecular weight is 230 g/mol. The molecule has 1 aromatic rings. The Bertz CT molecular complexity index is 402. The molecule has 90 valence electrons.